The second-order valence-electron chi connectivity index (χ2n) is 7.43. The molecule has 0 radical (unpaired) electrons. The minimum Gasteiger partial charge on any atom is -0.452 e. The number of nitrogens with zero attached hydrogens (tertiary/aromatic N) is 2. The summed E-state index contributed by atoms with van der Waals surface area (Å²) in [5, 5.41) is 0. The zero-order valence-corrected chi connectivity index (χ0v) is 16.8. The number of likely N-dealkylation sites (tertiary alicyclic amines) is 1. The standard InChI is InChI=1S/C19H26N2O5S/c1-13-5-4-6-14(2)21(13)18(22)12-26-19(23)16-7-8-17-15(11-16)9-10-20(17)27(3,24)25/h7-8,11,13-14H,4-6,9-10,12H2,1-3H3/t13-,14-/m1/s1. The van der Waals surface area contributed by atoms with E-state index in [0.29, 0.717) is 24.2 Å². The van der Waals surface area contributed by atoms with Crippen molar-refractivity contribution in [3.8, 4) is 0 Å². The second kappa shape index (κ2) is 7.50. The van der Waals surface area contributed by atoms with E-state index in [1.807, 2.05) is 18.7 Å². The number of hydrogen-bond acceptors (Lipinski definition) is 5. The third-order valence-electron chi connectivity index (χ3n) is 5.38. The number of esters is 1. The topological polar surface area (TPSA) is 84.0 Å². The largest absolute Gasteiger partial charge is 0.452 e. The summed E-state index contributed by atoms with van der Waals surface area (Å²) in [6.07, 6.45) is 4.74. The SMILES string of the molecule is C[C@@H]1CCC[C@@H](C)N1C(=O)COC(=O)c1ccc2c(c1)CCN2S(C)(=O)=O. The zero-order chi connectivity index (χ0) is 19.8. The number of hydrogen-bond donors (Lipinski definition) is 0. The van der Waals surface area contributed by atoms with Gasteiger partial charge in [-0.2, -0.15) is 0 Å². The summed E-state index contributed by atoms with van der Waals surface area (Å²) in [6, 6.07) is 5.13. The van der Waals surface area contributed by atoms with Crippen LogP contribution in [0.1, 0.15) is 49.0 Å². The van der Waals surface area contributed by atoms with Crippen LogP contribution < -0.4 is 4.31 Å². The molecule has 7 nitrogen and oxygen atoms in total. The van der Waals surface area contributed by atoms with E-state index in [4.69, 9.17) is 4.74 Å². The van der Waals surface area contributed by atoms with Crippen molar-refractivity contribution in [2.45, 2.75) is 51.6 Å². The van der Waals surface area contributed by atoms with E-state index < -0.39 is 16.0 Å². The van der Waals surface area contributed by atoms with Crippen LogP contribution in [0.2, 0.25) is 0 Å². The highest BCUT2D eigenvalue weighted by molar-refractivity contribution is 7.92. The maximum atomic E-state index is 12.5. The normalized spacial score (nSPS) is 22.5. The zero-order valence-electron chi connectivity index (χ0n) is 16.0. The quantitative estimate of drug-likeness (QED) is 0.729. The number of piperidine rings is 1. The summed E-state index contributed by atoms with van der Waals surface area (Å²) in [7, 11) is -3.33. The van der Waals surface area contributed by atoms with E-state index in [9.17, 15) is 18.0 Å². The van der Waals surface area contributed by atoms with Gasteiger partial charge in [-0.05, 0) is 63.3 Å². The van der Waals surface area contributed by atoms with Crippen molar-refractivity contribution in [2.75, 3.05) is 23.7 Å². The molecule has 0 aromatic heterocycles. The molecule has 0 spiro atoms. The maximum absolute atomic E-state index is 12.5. The van der Waals surface area contributed by atoms with Crippen molar-refractivity contribution in [2.24, 2.45) is 0 Å². The predicted octanol–water partition coefficient (Wildman–Crippen LogP) is 1.96. The van der Waals surface area contributed by atoms with Crippen LogP contribution in [-0.4, -0.2) is 56.7 Å². The molecule has 1 aromatic carbocycles. The Morgan fingerprint density at radius 2 is 1.85 bits per heavy atom. The van der Waals surface area contributed by atoms with Crippen molar-refractivity contribution >= 4 is 27.6 Å². The number of benzene rings is 1. The summed E-state index contributed by atoms with van der Waals surface area (Å²) in [5.74, 6) is -0.742. The Kier molecular flexibility index (Phi) is 5.46. The van der Waals surface area contributed by atoms with Gasteiger partial charge in [-0.1, -0.05) is 0 Å². The molecule has 0 unspecified atom stereocenters. The lowest BCUT2D eigenvalue weighted by Gasteiger charge is -2.38. The van der Waals surface area contributed by atoms with Gasteiger partial charge in [0.2, 0.25) is 10.0 Å². The molecule has 0 saturated carbocycles. The highest BCUT2D eigenvalue weighted by atomic mass is 32.2. The van der Waals surface area contributed by atoms with Crippen LogP contribution in [0.5, 0.6) is 0 Å². The van der Waals surface area contributed by atoms with Crippen LogP contribution in [0.4, 0.5) is 5.69 Å². The first-order chi connectivity index (χ1) is 12.7. The van der Waals surface area contributed by atoms with E-state index in [1.54, 1.807) is 18.2 Å². The van der Waals surface area contributed by atoms with Crippen LogP contribution in [0.15, 0.2) is 18.2 Å². The monoisotopic (exact) mass is 394 g/mol. The third-order valence-corrected chi connectivity index (χ3v) is 6.56. The van der Waals surface area contributed by atoms with Crippen molar-refractivity contribution in [3.63, 3.8) is 0 Å². The molecule has 8 heteroatoms. The molecule has 2 atom stereocenters. The van der Waals surface area contributed by atoms with E-state index >= 15 is 0 Å². The number of anilines is 1. The number of ether oxygens (including phenoxy) is 1. The summed E-state index contributed by atoms with van der Waals surface area (Å²) in [5.41, 5.74) is 1.72. The number of amides is 1. The maximum Gasteiger partial charge on any atom is 0.338 e. The Bertz CT molecular complexity index is 842. The van der Waals surface area contributed by atoms with Crippen LogP contribution in [-0.2, 0) is 26.0 Å². The molecule has 0 N–H and O–H groups in total. The van der Waals surface area contributed by atoms with E-state index in [0.717, 1.165) is 24.8 Å². The molecule has 1 fully saturated rings. The van der Waals surface area contributed by atoms with Gasteiger partial charge in [0.1, 0.15) is 0 Å². The predicted molar refractivity (Wildman–Crippen MR) is 102 cm³/mol. The van der Waals surface area contributed by atoms with Crippen molar-refractivity contribution in [1.29, 1.82) is 0 Å². The summed E-state index contributed by atoms with van der Waals surface area (Å²) < 4.78 is 30.1. The Labute approximate surface area is 160 Å². The van der Waals surface area contributed by atoms with Gasteiger partial charge >= 0.3 is 5.97 Å². The molecule has 27 heavy (non-hydrogen) atoms. The number of rotatable bonds is 4. The molecule has 2 aliphatic rings. The van der Waals surface area contributed by atoms with E-state index in [-0.39, 0.29) is 24.6 Å². The van der Waals surface area contributed by atoms with Gasteiger partial charge in [0.15, 0.2) is 6.61 Å². The molecular weight excluding hydrogens is 368 g/mol. The molecule has 0 bridgehead atoms. The molecule has 2 aliphatic heterocycles. The van der Waals surface area contributed by atoms with E-state index in [1.165, 1.54) is 10.6 Å². The van der Waals surface area contributed by atoms with Crippen molar-refractivity contribution in [3.05, 3.63) is 29.3 Å². The molecule has 0 aliphatic carbocycles. The van der Waals surface area contributed by atoms with Gasteiger partial charge in [-0.25, -0.2) is 13.2 Å². The van der Waals surface area contributed by atoms with Crippen molar-refractivity contribution in [1.82, 2.24) is 4.90 Å². The lowest BCUT2D eigenvalue weighted by molar-refractivity contribution is -0.140. The Balaban J connectivity index is 1.65. The minimum atomic E-state index is -3.33. The molecule has 1 amide bonds. The molecule has 148 valence electrons. The van der Waals surface area contributed by atoms with Gasteiger partial charge in [0.05, 0.1) is 17.5 Å². The first kappa shape index (κ1) is 19.7. The fourth-order valence-corrected chi connectivity index (χ4v) is 5.00. The van der Waals surface area contributed by atoms with Crippen LogP contribution in [0, 0.1) is 0 Å². The fraction of sp³-hybridized carbons (Fsp3) is 0.579. The van der Waals surface area contributed by atoms with E-state index in [2.05, 4.69) is 0 Å². The molecule has 1 aromatic rings. The summed E-state index contributed by atoms with van der Waals surface area (Å²) in [4.78, 5) is 26.6. The highest BCUT2D eigenvalue weighted by Crippen LogP contribution is 2.31. The summed E-state index contributed by atoms with van der Waals surface area (Å²) in [6.45, 7) is 4.13. The van der Waals surface area contributed by atoms with Gasteiger partial charge in [-0.3, -0.25) is 9.10 Å². The first-order valence-corrected chi connectivity index (χ1v) is 11.1. The van der Waals surface area contributed by atoms with Crippen LogP contribution >= 0.6 is 0 Å². The third kappa shape index (κ3) is 4.10. The Morgan fingerprint density at radius 1 is 1.19 bits per heavy atom. The average molecular weight is 394 g/mol. The average Bonchev–Trinajstić information content (AvgIpc) is 3.03. The minimum absolute atomic E-state index is 0.155. The molecule has 3 rings (SSSR count). The fourth-order valence-electron chi connectivity index (χ4n) is 4.04. The lowest BCUT2D eigenvalue weighted by atomic mass is 9.97. The van der Waals surface area contributed by atoms with Crippen molar-refractivity contribution < 1.29 is 22.7 Å². The van der Waals surface area contributed by atoms with Gasteiger partial charge in [0.25, 0.3) is 5.91 Å². The van der Waals surface area contributed by atoms with Gasteiger partial charge in [0, 0.05) is 18.6 Å². The van der Waals surface area contributed by atoms with Crippen LogP contribution in [0.25, 0.3) is 0 Å². The van der Waals surface area contributed by atoms with Gasteiger partial charge < -0.3 is 9.64 Å². The molecule has 2 heterocycles. The lowest BCUT2D eigenvalue weighted by Crippen LogP contribution is -2.49. The Hall–Kier alpha value is -2.09. The molecular formula is C19H26N2O5S. The number of sulfonamides is 1. The van der Waals surface area contributed by atoms with Gasteiger partial charge in [-0.15, -0.1) is 0 Å². The molecule has 1 saturated heterocycles. The highest BCUT2D eigenvalue weighted by Gasteiger charge is 2.30. The summed E-state index contributed by atoms with van der Waals surface area (Å²) >= 11 is 0. The Morgan fingerprint density at radius 3 is 2.48 bits per heavy atom. The van der Waals surface area contributed by atoms with Crippen LogP contribution in [0.3, 0.4) is 0 Å². The number of carbonyl (C=O) groups excluding carboxylic acids is 2. The second-order valence-corrected chi connectivity index (χ2v) is 9.34. The number of carbonyl (C=O) groups is 2. The number of fused-ring (bicyclic) bond motifs is 1. The smallest absolute Gasteiger partial charge is 0.338 e. The first-order valence-electron chi connectivity index (χ1n) is 9.27.